The van der Waals surface area contributed by atoms with Gasteiger partial charge in [0.2, 0.25) is 0 Å². The van der Waals surface area contributed by atoms with Crippen molar-refractivity contribution in [3.8, 4) is 23.6 Å². The lowest BCUT2D eigenvalue weighted by Crippen LogP contribution is -2.26. The Balaban J connectivity index is 1.56. The van der Waals surface area contributed by atoms with Crippen molar-refractivity contribution in [1.29, 1.82) is 0 Å². The number of rotatable bonds is 3. The Bertz CT molecular complexity index is 955. The maximum atomic E-state index is 5.51. The van der Waals surface area contributed by atoms with Crippen LogP contribution >= 0.6 is 0 Å². The van der Waals surface area contributed by atoms with Crippen LogP contribution < -0.4 is 0 Å². The van der Waals surface area contributed by atoms with Crippen LogP contribution in [0.5, 0.6) is 0 Å². The fourth-order valence-electron chi connectivity index (χ4n) is 3.48. The molecule has 2 aromatic heterocycles. The second kappa shape index (κ2) is 5.17. The lowest BCUT2D eigenvalue weighted by Gasteiger charge is -2.31. The molecule has 2 saturated carbocycles. The van der Waals surface area contributed by atoms with E-state index in [9.17, 15) is 0 Å². The maximum absolute atomic E-state index is 5.51. The lowest BCUT2D eigenvalue weighted by atomic mass is 9.81. The zero-order chi connectivity index (χ0) is 16.1. The normalized spacial score (nSPS) is 23.0. The first-order valence-corrected chi connectivity index (χ1v) is 8.59. The van der Waals surface area contributed by atoms with Crippen molar-refractivity contribution >= 4 is 11.0 Å². The van der Waals surface area contributed by atoms with Crippen molar-refractivity contribution in [2.24, 2.45) is 5.92 Å². The molecule has 118 valence electrons. The Kier molecular flexibility index (Phi) is 2.96. The SMILES string of the molecule is C#C[C@H]1C[C@H](n2cc(-c3cnc4ccccc4n3)c(C3CC3)n2)C1. The molecule has 4 heteroatoms. The molecule has 5 rings (SSSR count). The molecule has 0 radical (unpaired) electrons. The summed E-state index contributed by atoms with van der Waals surface area (Å²) in [4.78, 5) is 9.38. The highest BCUT2D eigenvalue weighted by molar-refractivity contribution is 5.77. The first-order chi connectivity index (χ1) is 11.8. The van der Waals surface area contributed by atoms with Gasteiger partial charge in [0.25, 0.3) is 0 Å². The third-order valence-corrected chi connectivity index (χ3v) is 5.17. The van der Waals surface area contributed by atoms with Crippen molar-refractivity contribution in [3.63, 3.8) is 0 Å². The highest BCUT2D eigenvalue weighted by Gasteiger charge is 2.34. The molecule has 2 fully saturated rings. The first kappa shape index (κ1) is 13.7. The predicted molar refractivity (Wildman–Crippen MR) is 93.3 cm³/mol. The van der Waals surface area contributed by atoms with Gasteiger partial charge in [0.15, 0.2) is 0 Å². The Labute approximate surface area is 140 Å². The van der Waals surface area contributed by atoms with Crippen LogP contribution in [0, 0.1) is 18.3 Å². The first-order valence-electron chi connectivity index (χ1n) is 8.59. The largest absolute Gasteiger partial charge is 0.269 e. The second-order valence-electron chi connectivity index (χ2n) is 6.92. The standard InChI is InChI=1S/C20H18N4/c1-2-13-9-15(10-13)24-12-16(20(23-24)14-7-8-14)19-11-21-17-5-3-4-6-18(17)22-19/h1,3-6,11-15H,7-10H2/t13-,15-. The highest BCUT2D eigenvalue weighted by atomic mass is 15.3. The summed E-state index contributed by atoms with van der Waals surface area (Å²) in [5, 5.41) is 4.90. The number of benzene rings is 1. The maximum Gasteiger partial charge on any atom is 0.0927 e. The van der Waals surface area contributed by atoms with Gasteiger partial charge in [-0.05, 0) is 37.8 Å². The second-order valence-corrected chi connectivity index (χ2v) is 6.92. The number of hydrogen-bond acceptors (Lipinski definition) is 3. The average Bonchev–Trinajstić information content (AvgIpc) is 3.33. The van der Waals surface area contributed by atoms with E-state index in [1.165, 1.54) is 18.5 Å². The molecule has 4 nitrogen and oxygen atoms in total. The van der Waals surface area contributed by atoms with Crippen LogP contribution in [0.1, 0.15) is 43.3 Å². The van der Waals surface area contributed by atoms with Gasteiger partial charge in [0.1, 0.15) is 0 Å². The molecule has 0 spiro atoms. The van der Waals surface area contributed by atoms with Gasteiger partial charge in [-0.15, -0.1) is 12.3 Å². The van der Waals surface area contributed by atoms with E-state index in [0.29, 0.717) is 17.9 Å². The van der Waals surface area contributed by atoms with Gasteiger partial charge in [0, 0.05) is 23.6 Å². The Morgan fingerprint density at radius 2 is 1.92 bits per heavy atom. The van der Waals surface area contributed by atoms with Crippen molar-refractivity contribution in [2.75, 3.05) is 0 Å². The van der Waals surface area contributed by atoms with Crippen molar-refractivity contribution in [2.45, 2.75) is 37.6 Å². The summed E-state index contributed by atoms with van der Waals surface area (Å²) >= 11 is 0. The number of nitrogens with zero attached hydrogens (tertiary/aromatic N) is 4. The zero-order valence-electron chi connectivity index (χ0n) is 13.4. The van der Waals surface area contributed by atoms with Gasteiger partial charge in [-0.3, -0.25) is 9.67 Å². The summed E-state index contributed by atoms with van der Waals surface area (Å²) in [5.41, 5.74) is 5.11. The van der Waals surface area contributed by atoms with Gasteiger partial charge in [0.05, 0.1) is 34.7 Å². The van der Waals surface area contributed by atoms with E-state index >= 15 is 0 Å². The molecule has 24 heavy (non-hydrogen) atoms. The zero-order valence-corrected chi connectivity index (χ0v) is 13.4. The van der Waals surface area contributed by atoms with Crippen LogP contribution in [0.25, 0.3) is 22.3 Å². The van der Waals surface area contributed by atoms with Crippen LogP contribution in [0.15, 0.2) is 36.7 Å². The molecule has 0 aliphatic heterocycles. The molecular formula is C20H18N4. The molecule has 2 heterocycles. The number of hydrogen-bond donors (Lipinski definition) is 0. The lowest BCUT2D eigenvalue weighted by molar-refractivity contribution is 0.231. The van der Waals surface area contributed by atoms with Gasteiger partial charge in [-0.25, -0.2) is 4.98 Å². The van der Waals surface area contributed by atoms with Gasteiger partial charge in [-0.2, -0.15) is 5.10 Å². The van der Waals surface area contributed by atoms with E-state index in [-0.39, 0.29) is 0 Å². The molecule has 0 bridgehead atoms. The van der Waals surface area contributed by atoms with Crippen molar-refractivity contribution in [1.82, 2.24) is 19.7 Å². The number of fused-ring (bicyclic) bond motifs is 1. The van der Waals surface area contributed by atoms with Crippen molar-refractivity contribution < 1.29 is 0 Å². The minimum atomic E-state index is 0.410. The van der Waals surface area contributed by atoms with E-state index in [2.05, 4.69) is 21.8 Å². The quantitative estimate of drug-likeness (QED) is 0.687. The third kappa shape index (κ3) is 2.20. The summed E-state index contributed by atoms with van der Waals surface area (Å²) in [6, 6.07) is 8.43. The van der Waals surface area contributed by atoms with Gasteiger partial charge < -0.3 is 0 Å². The molecule has 0 amide bonds. The van der Waals surface area contributed by atoms with E-state index in [1.54, 1.807) is 0 Å². The van der Waals surface area contributed by atoms with Crippen LogP contribution in [0.4, 0.5) is 0 Å². The van der Waals surface area contributed by atoms with Crippen LogP contribution in [-0.2, 0) is 0 Å². The number of para-hydroxylation sites is 2. The fourth-order valence-corrected chi connectivity index (χ4v) is 3.48. The van der Waals surface area contributed by atoms with E-state index in [1.807, 2.05) is 30.5 Å². The predicted octanol–water partition coefficient (Wildman–Crippen LogP) is 3.96. The van der Waals surface area contributed by atoms with Crippen LogP contribution in [0.2, 0.25) is 0 Å². The van der Waals surface area contributed by atoms with Crippen LogP contribution in [-0.4, -0.2) is 19.7 Å². The summed E-state index contributed by atoms with van der Waals surface area (Å²) in [5.74, 6) is 3.84. The molecule has 0 unspecified atom stereocenters. The fraction of sp³-hybridized carbons (Fsp3) is 0.350. The highest BCUT2D eigenvalue weighted by Crippen LogP contribution is 2.45. The molecule has 0 atom stereocenters. The molecule has 3 aromatic rings. The van der Waals surface area contributed by atoms with Gasteiger partial charge in [-0.1, -0.05) is 12.1 Å². The Morgan fingerprint density at radius 1 is 1.12 bits per heavy atom. The summed E-state index contributed by atoms with van der Waals surface area (Å²) in [6.45, 7) is 0. The smallest absolute Gasteiger partial charge is 0.0927 e. The average molecular weight is 314 g/mol. The van der Waals surface area contributed by atoms with E-state index < -0.39 is 0 Å². The summed E-state index contributed by atoms with van der Waals surface area (Å²) < 4.78 is 2.12. The molecule has 2 aliphatic rings. The molecule has 2 aliphatic carbocycles. The van der Waals surface area contributed by atoms with Crippen LogP contribution in [0.3, 0.4) is 0 Å². The number of aromatic nitrogens is 4. The summed E-state index contributed by atoms with van der Waals surface area (Å²) in [6.07, 6.45) is 14.1. The molecular weight excluding hydrogens is 296 g/mol. The number of terminal acetylenes is 1. The molecule has 1 aromatic carbocycles. The Hall–Kier alpha value is -2.67. The topological polar surface area (TPSA) is 43.6 Å². The third-order valence-electron chi connectivity index (χ3n) is 5.17. The minimum Gasteiger partial charge on any atom is -0.269 e. The molecule has 0 N–H and O–H groups in total. The van der Waals surface area contributed by atoms with Crippen molar-refractivity contribution in [3.05, 3.63) is 42.4 Å². The van der Waals surface area contributed by atoms with E-state index in [4.69, 9.17) is 16.5 Å². The summed E-state index contributed by atoms with van der Waals surface area (Å²) in [7, 11) is 0. The van der Waals surface area contributed by atoms with Gasteiger partial charge >= 0.3 is 0 Å². The molecule has 0 saturated heterocycles. The van der Waals surface area contributed by atoms with E-state index in [0.717, 1.165) is 35.1 Å². The minimum absolute atomic E-state index is 0.410. The monoisotopic (exact) mass is 314 g/mol. The Morgan fingerprint density at radius 3 is 2.67 bits per heavy atom.